The summed E-state index contributed by atoms with van der Waals surface area (Å²) in [6.07, 6.45) is -3.00. The monoisotopic (exact) mass is 580 g/mol. The molecule has 0 aliphatic carbocycles. The number of carboxylic acid groups (broad SMARTS) is 2. The summed E-state index contributed by atoms with van der Waals surface area (Å²) in [5.74, 6) is -4.73. The van der Waals surface area contributed by atoms with Gasteiger partial charge in [-0.15, -0.1) is 0 Å². The zero-order valence-corrected chi connectivity index (χ0v) is 22.1. The van der Waals surface area contributed by atoms with Crippen molar-refractivity contribution >= 4 is 35.0 Å². The van der Waals surface area contributed by atoms with E-state index in [0.717, 1.165) is 0 Å². The lowest BCUT2D eigenvalue weighted by atomic mass is 10.2. The highest BCUT2D eigenvalue weighted by Crippen LogP contribution is 2.40. The van der Waals surface area contributed by atoms with Crippen LogP contribution in [0.15, 0.2) is 42.5 Å². The number of benzene rings is 2. The van der Waals surface area contributed by atoms with Gasteiger partial charge >= 0.3 is 35.4 Å². The third-order valence-electron chi connectivity index (χ3n) is 5.24. The summed E-state index contributed by atoms with van der Waals surface area (Å²) >= 11 is 0. The van der Waals surface area contributed by atoms with Crippen LogP contribution in [0.4, 0.5) is 17.1 Å². The Balaban J connectivity index is 2.14. The highest BCUT2D eigenvalue weighted by Gasteiger charge is 2.33. The van der Waals surface area contributed by atoms with E-state index < -0.39 is 59.3 Å². The Hall–Kier alpha value is -6.18. The van der Waals surface area contributed by atoms with Gasteiger partial charge in [-0.1, -0.05) is 6.07 Å². The zero-order chi connectivity index (χ0) is 31.0. The smallest absolute Gasteiger partial charge is 0.392 e. The van der Waals surface area contributed by atoms with Crippen LogP contribution in [0.5, 0.6) is 29.3 Å². The molecule has 17 heteroatoms. The quantitative estimate of drug-likeness (QED) is 0.0842. The molecule has 0 radical (unpaired) electrons. The largest absolute Gasteiger partial charge is 0.481 e. The molecule has 0 bridgehead atoms. The predicted octanol–water partition coefficient (Wildman–Crippen LogP) is 2.91. The second-order valence-corrected chi connectivity index (χ2v) is 8.56. The van der Waals surface area contributed by atoms with Crippen molar-refractivity contribution in [2.45, 2.75) is 18.9 Å². The number of hydrogen-bond donors (Lipinski definition) is 5. The molecule has 0 spiro atoms. The van der Waals surface area contributed by atoms with Gasteiger partial charge in [-0.2, -0.15) is 15.2 Å². The fourth-order valence-electron chi connectivity index (χ4n) is 3.42. The topological polar surface area (TPSA) is 260 Å². The maximum Gasteiger partial charge on any atom is 0.392 e. The van der Waals surface area contributed by atoms with Crippen molar-refractivity contribution in [2.24, 2.45) is 5.73 Å². The third-order valence-corrected chi connectivity index (χ3v) is 5.24. The second-order valence-electron chi connectivity index (χ2n) is 8.56. The maximum absolute atomic E-state index is 12.1. The van der Waals surface area contributed by atoms with Crippen molar-refractivity contribution in [1.82, 2.24) is 9.97 Å². The van der Waals surface area contributed by atoms with Crippen molar-refractivity contribution in [2.75, 3.05) is 24.3 Å². The van der Waals surface area contributed by atoms with Gasteiger partial charge in [0, 0.05) is 44.8 Å². The normalized spacial score (nSPS) is 11.0. The Labute approximate surface area is 237 Å². The Morgan fingerprint density at radius 1 is 1.17 bits per heavy atom. The molecule has 0 saturated carbocycles. The molecule has 2 aromatic carbocycles. The maximum atomic E-state index is 12.1. The fraction of sp³-hybridized carbons (Fsp3) is 0.200. The predicted molar refractivity (Wildman–Crippen MR) is 145 cm³/mol. The summed E-state index contributed by atoms with van der Waals surface area (Å²) < 4.78 is 16.7. The molecule has 0 amide bonds. The summed E-state index contributed by atoms with van der Waals surface area (Å²) in [4.78, 5) is 43.5. The van der Waals surface area contributed by atoms with Crippen molar-refractivity contribution in [3.05, 3.63) is 58.1 Å². The molecule has 6 N–H and O–H groups in total. The molecule has 1 aromatic heterocycles. The first-order valence-electron chi connectivity index (χ1n) is 11.8. The van der Waals surface area contributed by atoms with Crippen LogP contribution in [-0.4, -0.2) is 63.2 Å². The van der Waals surface area contributed by atoms with E-state index in [1.807, 2.05) is 6.07 Å². The molecule has 1 unspecified atom stereocenters. The van der Waals surface area contributed by atoms with Gasteiger partial charge in [-0.25, -0.2) is 4.79 Å². The number of ether oxygens (including phenoxy) is 3. The number of hydrogen-bond acceptors (Lipinski definition) is 12. The van der Waals surface area contributed by atoms with Gasteiger partial charge in [-0.3, -0.25) is 20.3 Å². The second kappa shape index (κ2) is 13.3. The Morgan fingerprint density at radius 3 is 2.45 bits per heavy atom. The number of aromatic nitrogens is 2. The van der Waals surface area contributed by atoms with Gasteiger partial charge in [-0.05, 0) is 24.3 Å². The molecule has 0 aliphatic heterocycles. The van der Waals surface area contributed by atoms with Gasteiger partial charge in [0.15, 0.2) is 12.1 Å². The number of nitrogens with one attached hydrogen (secondary N) is 2. The molecular weight excluding hydrogens is 556 g/mol. The molecule has 218 valence electrons. The van der Waals surface area contributed by atoms with Gasteiger partial charge in [0.05, 0.1) is 16.2 Å². The molecular formula is C25H24N8O9. The molecule has 3 rings (SSSR count). The Kier molecular flexibility index (Phi) is 9.58. The molecule has 1 atom stereocenters. The van der Waals surface area contributed by atoms with Crippen LogP contribution in [-0.2, 0) is 9.59 Å². The number of nitro groups is 1. The number of nitrogens with zero attached hydrogens (tertiary/aromatic N) is 5. The fourth-order valence-corrected chi connectivity index (χ4v) is 3.42. The third kappa shape index (κ3) is 7.92. The lowest BCUT2D eigenvalue weighted by Gasteiger charge is -2.17. The van der Waals surface area contributed by atoms with Gasteiger partial charge in [0.2, 0.25) is 0 Å². The Morgan fingerprint density at radius 2 is 1.86 bits per heavy atom. The first-order valence-corrected chi connectivity index (χ1v) is 11.8. The van der Waals surface area contributed by atoms with E-state index in [1.54, 1.807) is 25.1 Å². The highest BCUT2D eigenvalue weighted by atomic mass is 16.6. The Bertz CT molecular complexity index is 1570. The van der Waals surface area contributed by atoms with Crippen molar-refractivity contribution in [3.8, 4) is 35.3 Å². The minimum absolute atomic E-state index is 0.0183. The van der Waals surface area contributed by atoms with Gasteiger partial charge < -0.3 is 40.4 Å². The number of aliphatic carboxylic acids is 2. The molecule has 3 aromatic rings. The van der Waals surface area contributed by atoms with E-state index in [2.05, 4.69) is 15.3 Å². The number of nitrogens with two attached hydrogens (primary N) is 1. The van der Waals surface area contributed by atoms with E-state index in [-0.39, 0.29) is 17.5 Å². The summed E-state index contributed by atoms with van der Waals surface area (Å²) in [6.45, 7) is 0. The molecule has 42 heavy (non-hydrogen) atoms. The van der Waals surface area contributed by atoms with E-state index in [4.69, 9.17) is 30.5 Å². The summed E-state index contributed by atoms with van der Waals surface area (Å²) in [7, 11) is 3.34. The molecule has 0 aliphatic rings. The summed E-state index contributed by atoms with van der Waals surface area (Å²) in [6, 6.07) is 11.6. The number of anilines is 2. The molecule has 0 fully saturated rings. The lowest BCUT2D eigenvalue weighted by Crippen LogP contribution is -2.28. The van der Waals surface area contributed by atoms with Crippen LogP contribution in [0.3, 0.4) is 0 Å². The SMILES string of the molecule is CN(C)c1cc(Oc2nc(Oc3cccc(NC(=N)N)c3)nc(OC(CCC(=O)O)C(=O)O)c2[N+](=O)[O-])ccc1C#N. The van der Waals surface area contributed by atoms with Gasteiger partial charge in [0.1, 0.15) is 17.6 Å². The van der Waals surface area contributed by atoms with Crippen LogP contribution in [0.25, 0.3) is 0 Å². The number of nitriles is 1. The number of rotatable bonds is 13. The summed E-state index contributed by atoms with van der Waals surface area (Å²) in [5.41, 5.74) is 5.45. The average molecular weight is 581 g/mol. The standard InChI is InChI=1S/C25H24N8O9/c1-32(2)17-11-16(7-6-13(17)12-26)40-21-20(33(38)39)22(42-18(23(36)37)8-9-19(34)35)31-25(30-21)41-15-5-3-4-14(10-15)29-24(27)28/h3-7,10-11,18H,8-9H2,1-2H3,(H,34,35)(H,36,37)(H4,27,28,29). The van der Waals surface area contributed by atoms with E-state index in [0.29, 0.717) is 16.9 Å². The molecule has 1 heterocycles. The van der Waals surface area contributed by atoms with Crippen LogP contribution < -0.4 is 30.2 Å². The number of guanidine groups is 1. The van der Waals surface area contributed by atoms with Crippen molar-refractivity contribution < 1.29 is 38.9 Å². The zero-order valence-electron chi connectivity index (χ0n) is 22.1. The molecule has 0 saturated heterocycles. The number of carbonyl (C=O) groups is 2. The molecule has 17 nitrogen and oxygen atoms in total. The van der Waals surface area contributed by atoms with Gasteiger partial charge in [0.25, 0.3) is 0 Å². The van der Waals surface area contributed by atoms with Crippen LogP contribution in [0, 0.1) is 26.9 Å². The van der Waals surface area contributed by atoms with E-state index >= 15 is 0 Å². The minimum Gasteiger partial charge on any atom is -0.481 e. The van der Waals surface area contributed by atoms with Crippen LogP contribution in [0.2, 0.25) is 0 Å². The van der Waals surface area contributed by atoms with Crippen molar-refractivity contribution in [1.29, 1.82) is 10.7 Å². The lowest BCUT2D eigenvalue weighted by molar-refractivity contribution is -0.387. The van der Waals surface area contributed by atoms with Crippen LogP contribution >= 0.6 is 0 Å². The van der Waals surface area contributed by atoms with E-state index in [9.17, 15) is 30.1 Å². The first kappa shape index (κ1) is 30.4. The van der Waals surface area contributed by atoms with Crippen molar-refractivity contribution in [3.63, 3.8) is 0 Å². The van der Waals surface area contributed by atoms with Crippen LogP contribution in [0.1, 0.15) is 18.4 Å². The summed E-state index contributed by atoms with van der Waals surface area (Å²) in [5, 5.41) is 50.0. The average Bonchev–Trinajstić information content (AvgIpc) is 2.90. The number of carboxylic acids is 2. The van der Waals surface area contributed by atoms with E-state index in [1.165, 1.54) is 36.4 Å². The first-order chi connectivity index (χ1) is 19.9. The minimum atomic E-state index is -1.84. The highest BCUT2D eigenvalue weighted by molar-refractivity contribution is 5.89.